The molecule has 2 heteroatoms. The Morgan fingerprint density at radius 2 is 2.29 bits per heavy atom. The van der Waals surface area contributed by atoms with Crippen molar-refractivity contribution in [3.63, 3.8) is 0 Å². The van der Waals surface area contributed by atoms with E-state index < -0.39 is 0 Å². The summed E-state index contributed by atoms with van der Waals surface area (Å²) in [6.45, 7) is 2.08. The summed E-state index contributed by atoms with van der Waals surface area (Å²) in [4.78, 5) is 0. The van der Waals surface area contributed by atoms with Crippen LogP contribution in [0.3, 0.4) is 0 Å². The van der Waals surface area contributed by atoms with E-state index in [1.807, 2.05) is 7.05 Å². The highest BCUT2D eigenvalue weighted by Gasteiger charge is 2.10. The van der Waals surface area contributed by atoms with Gasteiger partial charge >= 0.3 is 0 Å². The van der Waals surface area contributed by atoms with E-state index >= 15 is 0 Å². The minimum Gasteiger partial charge on any atom is -0.312 e. The maximum absolute atomic E-state index is 5.33. The molecule has 0 aromatic heterocycles. The number of halogens is 1. The van der Waals surface area contributed by atoms with Gasteiger partial charge in [0.25, 0.3) is 0 Å². The summed E-state index contributed by atoms with van der Waals surface area (Å²) in [7, 11) is 1.93. The number of benzene rings is 1. The predicted octanol–water partition coefficient (Wildman–Crippen LogP) is 3.04. The van der Waals surface area contributed by atoms with Gasteiger partial charge in [-0.1, -0.05) is 33.6 Å². The molecule has 1 rings (SSSR count). The van der Waals surface area contributed by atoms with Crippen LogP contribution in [0.2, 0.25) is 0 Å². The van der Waals surface area contributed by atoms with Crippen LogP contribution >= 0.6 is 15.9 Å². The number of terminal acetylenes is 1. The molecule has 0 amide bonds. The lowest BCUT2D eigenvalue weighted by molar-refractivity contribution is 0.609. The van der Waals surface area contributed by atoms with E-state index in [4.69, 9.17) is 6.42 Å². The predicted molar refractivity (Wildman–Crippen MR) is 64.1 cm³/mol. The normalized spacial score (nSPS) is 12.1. The molecule has 74 valence electrons. The molecule has 0 aliphatic carbocycles. The third-order valence-corrected chi connectivity index (χ3v) is 2.92. The monoisotopic (exact) mass is 251 g/mol. The van der Waals surface area contributed by atoms with Gasteiger partial charge in [-0.25, -0.2) is 0 Å². The molecule has 1 aromatic carbocycles. The Morgan fingerprint density at radius 3 is 2.86 bits per heavy atom. The molecule has 0 fully saturated rings. The van der Waals surface area contributed by atoms with Crippen LogP contribution in [0.5, 0.6) is 0 Å². The van der Waals surface area contributed by atoms with Crippen LogP contribution in [0.4, 0.5) is 0 Å². The Morgan fingerprint density at radius 1 is 1.57 bits per heavy atom. The minimum absolute atomic E-state index is 0.231. The SMILES string of the molecule is C#CCC(NC)c1cc(C)ccc1Br. The maximum atomic E-state index is 5.33. The van der Waals surface area contributed by atoms with Crippen LogP contribution in [0.25, 0.3) is 0 Å². The number of nitrogens with one attached hydrogen (secondary N) is 1. The molecule has 1 unspecified atom stereocenters. The van der Waals surface area contributed by atoms with Gasteiger partial charge in [0.15, 0.2) is 0 Å². The van der Waals surface area contributed by atoms with Crippen molar-refractivity contribution < 1.29 is 0 Å². The van der Waals surface area contributed by atoms with E-state index in [2.05, 4.69) is 52.3 Å². The third-order valence-electron chi connectivity index (χ3n) is 2.20. The average molecular weight is 252 g/mol. The lowest BCUT2D eigenvalue weighted by Crippen LogP contribution is -2.16. The van der Waals surface area contributed by atoms with Crippen LogP contribution in [0.15, 0.2) is 22.7 Å². The molecule has 14 heavy (non-hydrogen) atoms. The minimum atomic E-state index is 0.231. The zero-order chi connectivity index (χ0) is 10.6. The molecular weight excluding hydrogens is 238 g/mol. The van der Waals surface area contributed by atoms with Crippen LogP contribution in [-0.2, 0) is 0 Å². The van der Waals surface area contributed by atoms with E-state index in [-0.39, 0.29) is 6.04 Å². The first-order valence-electron chi connectivity index (χ1n) is 4.55. The Hall–Kier alpha value is -0.780. The highest BCUT2D eigenvalue weighted by atomic mass is 79.9. The summed E-state index contributed by atoms with van der Waals surface area (Å²) < 4.78 is 1.11. The van der Waals surface area contributed by atoms with Gasteiger partial charge in [0, 0.05) is 16.9 Å². The second kappa shape index (κ2) is 5.19. The van der Waals surface area contributed by atoms with Crippen molar-refractivity contribution in [2.24, 2.45) is 0 Å². The summed E-state index contributed by atoms with van der Waals surface area (Å²) in [5.41, 5.74) is 2.48. The molecule has 0 bridgehead atoms. The van der Waals surface area contributed by atoms with Crippen molar-refractivity contribution in [3.8, 4) is 12.3 Å². The molecule has 1 N–H and O–H groups in total. The fraction of sp³-hybridized carbons (Fsp3) is 0.333. The summed E-state index contributed by atoms with van der Waals surface area (Å²) >= 11 is 3.53. The number of hydrogen-bond donors (Lipinski definition) is 1. The van der Waals surface area contributed by atoms with Gasteiger partial charge in [0.2, 0.25) is 0 Å². The Kier molecular flexibility index (Phi) is 4.19. The van der Waals surface area contributed by atoms with E-state index in [1.165, 1.54) is 11.1 Å². The lowest BCUT2D eigenvalue weighted by atomic mass is 10.0. The van der Waals surface area contributed by atoms with Gasteiger partial charge in [0.1, 0.15) is 0 Å². The van der Waals surface area contributed by atoms with Gasteiger partial charge in [-0.2, -0.15) is 0 Å². The Labute approximate surface area is 94.0 Å². The fourth-order valence-electron chi connectivity index (χ4n) is 1.42. The molecular formula is C12H14BrN. The van der Waals surface area contributed by atoms with Crippen LogP contribution in [0.1, 0.15) is 23.6 Å². The lowest BCUT2D eigenvalue weighted by Gasteiger charge is -2.16. The molecule has 0 spiro atoms. The smallest absolute Gasteiger partial charge is 0.0439 e. The van der Waals surface area contributed by atoms with Gasteiger partial charge in [0.05, 0.1) is 0 Å². The first-order chi connectivity index (χ1) is 6.69. The first kappa shape index (κ1) is 11.3. The fourth-order valence-corrected chi connectivity index (χ4v) is 1.94. The van der Waals surface area contributed by atoms with Gasteiger partial charge < -0.3 is 5.32 Å². The van der Waals surface area contributed by atoms with Crippen molar-refractivity contribution in [2.75, 3.05) is 7.05 Å². The van der Waals surface area contributed by atoms with E-state index in [0.717, 1.165) is 4.47 Å². The van der Waals surface area contributed by atoms with Gasteiger partial charge in [-0.05, 0) is 25.6 Å². The molecule has 0 saturated heterocycles. The van der Waals surface area contributed by atoms with E-state index in [1.54, 1.807) is 0 Å². The van der Waals surface area contributed by atoms with E-state index in [9.17, 15) is 0 Å². The molecule has 0 radical (unpaired) electrons. The third kappa shape index (κ3) is 2.60. The van der Waals surface area contributed by atoms with Gasteiger partial charge in [-0.3, -0.25) is 0 Å². The van der Waals surface area contributed by atoms with Crippen molar-refractivity contribution >= 4 is 15.9 Å². The standard InChI is InChI=1S/C12H14BrN/c1-4-5-12(14-3)10-8-9(2)6-7-11(10)13/h1,6-8,12,14H,5H2,2-3H3. The highest BCUT2D eigenvalue weighted by molar-refractivity contribution is 9.10. The number of aryl methyl sites for hydroxylation is 1. The molecule has 0 aliphatic heterocycles. The van der Waals surface area contributed by atoms with Crippen molar-refractivity contribution in [3.05, 3.63) is 33.8 Å². The summed E-state index contributed by atoms with van der Waals surface area (Å²) in [5, 5.41) is 3.21. The molecule has 0 aliphatic rings. The maximum Gasteiger partial charge on any atom is 0.0439 e. The number of hydrogen-bond acceptors (Lipinski definition) is 1. The summed E-state index contributed by atoms with van der Waals surface area (Å²) in [5.74, 6) is 2.68. The molecule has 0 saturated carbocycles. The second-order valence-corrected chi connectivity index (χ2v) is 4.13. The second-order valence-electron chi connectivity index (χ2n) is 3.27. The van der Waals surface area contributed by atoms with Crippen LogP contribution < -0.4 is 5.32 Å². The molecule has 1 nitrogen and oxygen atoms in total. The Balaban J connectivity index is 3.03. The van der Waals surface area contributed by atoms with Gasteiger partial charge in [-0.15, -0.1) is 12.3 Å². The topological polar surface area (TPSA) is 12.0 Å². The zero-order valence-corrected chi connectivity index (χ0v) is 10.1. The number of rotatable bonds is 3. The van der Waals surface area contributed by atoms with Crippen molar-refractivity contribution in [2.45, 2.75) is 19.4 Å². The summed E-state index contributed by atoms with van der Waals surface area (Å²) in [6, 6.07) is 6.53. The molecule has 1 atom stereocenters. The average Bonchev–Trinajstić information content (AvgIpc) is 2.18. The van der Waals surface area contributed by atoms with Crippen LogP contribution in [-0.4, -0.2) is 7.05 Å². The molecule has 0 heterocycles. The highest BCUT2D eigenvalue weighted by Crippen LogP contribution is 2.26. The largest absolute Gasteiger partial charge is 0.312 e. The Bertz CT molecular complexity index is 352. The zero-order valence-electron chi connectivity index (χ0n) is 8.47. The van der Waals surface area contributed by atoms with Crippen molar-refractivity contribution in [1.82, 2.24) is 5.32 Å². The van der Waals surface area contributed by atoms with E-state index in [0.29, 0.717) is 6.42 Å². The van der Waals surface area contributed by atoms with Crippen LogP contribution in [0, 0.1) is 19.3 Å². The summed E-state index contributed by atoms with van der Waals surface area (Å²) in [6.07, 6.45) is 6.03. The molecule has 1 aromatic rings. The van der Waals surface area contributed by atoms with Crippen molar-refractivity contribution in [1.29, 1.82) is 0 Å². The quantitative estimate of drug-likeness (QED) is 0.815. The first-order valence-corrected chi connectivity index (χ1v) is 5.35.